The molecule has 1 aromatic carbocycles. The lowest BCUT2D eigenvalue weighted by Gasteiger charge is -2.37. The summed E-state index contributed by atoms with van der Waals surface area (Å²) in [5.41, 5.74) is 0.291. The first kappa shape index (κ1) is 16.0. The van der Waals surface area contributed by atoms with E-state index in [-0.39, 0.29) is 22.8 Å². The van der Waals surface area contributed by atoms with Crippen LogP contribution in [0.15, 0.2) is 24.3 Å². The SMILES string of the molecule is CC1(CC(=O)N2CCNC(=O)C2c2ccccc2F)CCCC1. The minimum Gasteiger partial charge on any atom is -0.352 e. The van der Waals surface area contributed by atoms with E-state index >= 15 is 0 Å². The first-order chi connectivity index (χ1) is 11.0. The molecule has 1 N–H and O–H groups in total. The average Bonchev–Trinajstić information content (AvgIpc) is 2.94. The second-order valence-electron chi connectivity index (χ2n) is 7.00. The number of piperazine rings is 1. The van der Waals surface area contributed by atoms with Crippen molar-refractivity contribution in [1.82, 2.24) is 10.2 Å². The van der Waals surface area contributed by atoms with Crippen LogP contribution in [0.1, 0.15) is 50.6 Å². The normalized spacial score (nSPS) is 23.7. The molecule has 2 amide bonds. The Bertz CT molecular complexity index is 611. The van der Waals surface area contributed by atoms with Crippen LogP contribution in [-0.2, 0) is 9.59 Å². The predicted octanol–water partition coefficient (Wildman–Crippen LogP) is 2.80. The molecule has 1 aliphatic heterocycles. The van der Waals surface area contributed by atoms with Gasteiger partial charge in [0.2, 0.25) is 11.8 Å². The van der Waals surface area contributed by atoms with Gasteiger partial charge in [0.1, 0.15) is 11.9 Å². The van der Waals surface area contributed by atoms with Crippen LogP contribution in [-0.4, -0.2) is 29.8 Å². The molecule has 2 aliphatic rings. The highest BCUT2D eigenvalue weighted by atomic mass is 19.1. The molecule has 1 heterocycles. The Labute approximate surface area is 136 Å². The first-order valence-corrected chi connectivity index (χ1v) is 8.32. The van der Waals surface area contributed by atoms with Crippen molar-refractivity contribution in [3.8, 4) is 0 Å². The van der Waals surface area contributed by atoms with E-state index in [1.54, 1.807) is 23.1 Å². The van der Waals surface area contributed by atoms with Crippen LogP contribution < -0.4 is 5.32 Å². The Morgan fingerprint density at radius 2 is 2.04 bits per heavy atom. The average molecular weight is 318 g/mol. The molecule has 5 heteroatoms. The molecule has 0 aromatic heterocycles. The number of rotatable bonds is 3. The fourth-order valence-electron chi connectivity index (χ4n) is 3.81. The third-order valence-corrected chi connectivity index (χ3v) is 5.12. The standard InChI is InChI=1S/C18H23FN2O2/c1-18(8-4-5-9-18)12-15(22)21-11-10-20-17(23)16(21)13-6-2-3-7-14(13)19/h2-3,6-7,16H,4-5,8-12H2,1H3,(H,20,23). The molecule has 1 unspecified atom stereocenters. The van der Waals surface area contributed by atoms with Crippen LogP contribution in [0.4, 0.5) is 4.39 Å². The maximum atomic E-state index is 14.1. The van der Waals surface area contributed by atoms with Crippen LogP contribution in [0.3, 0.4) is 0 Å². The fourth-order valence-corrected chi connectivity index (χ4v) is 3.81. The topological polar surface area (TPSA) is 49.4 Å². The van der Waals surface area contributed by atoms with E-state index in [1.165, 1.54) is 6.07 Å². The molecular formula is C18H23FN2O2. The smallest absolute Gasteiger partial charge is 0.247 e. The summed E-state index contributed by atoms with van der Waals surface area (Å²) < 4.78 is 14.1. The Morgan fingerprint density at radius 3 is 2.74 bits per heavy atom. The van der Waals surface area contributed by atoms with E-state index in [2.05, 4.69) is 12.2 Å². The number of hydrogen-bond donors (Lipinski definition) is 1. The summed E-state index contributed by atoms with van der Waals surface area (Å²) in [5.74, 6) is -0.789. The summed E-state index contributed by atoms with van der Waals surface area (Å²) in [6.07, 6.45) is 4.83. The summed E-state index contributed by atoms with van der Waals surface area (Å²) in [5, 5.41) is 2.75. The lowest BCUT2D eigenvalue weighted by Crippen LogP contribution is -2.53. The van der Waals surface area contributed by atoms with Gasteiger partial charge in [0.05, 0.1) is 0 Å². The molecule has 0 radical (unpaired) electrons. The fraction of sp³-hybridized carbons (Fsp3) is 0.556. The lowest BCUT2D eigenvalue weighted by atomic mass is 9.84. The third kappa shape index (κ3) is 3.23. The van der Waals surface area contributed by atoms with E-state index in [0.717, 1.165) is 25.7 Å². The van der Waals surface area contributed by atoms with Crippen LogP contribution in [0, 0.1) is 11.2 Å². The number of hydrogen-bond acceptors (Lipinski definition) is 2. The second-order valence-corrected chi connectivity index (χ2v) is 7.00. The van der Waals surface area contributed by atoms with Crippen molar-refractivity contribution in [3.05, 3.63) is 35.6 Å². The van der Waals surface area contributed by atoms with Gasteiger partial charge >= 0.3 is 0 Å². The molecule has 1 saturated heterocycles. The monoisotopic (exact) mass is 318 g/mol. The maximum Gasteiger partial charge on any atom is 0.247 e. The van der Waals surface area contributed by atoms with Gasteiger partial charge in [-0.05, 0) is 24.3 Å². The third-order valence-electron chi connectivity index (χ3n) is 5.12. The Balaban J connectivity index is 1.84. The minimum atomic E-state index is -0.859. The summed E-state index contributed by atoms with van der Waals surface area (Å²) >= 11 is 0. The number of nitrogens with one attached hydrogen (secondary N) is 1. The van der Waals surface area contributed by atoms with Gasteiger partial charge in [-0.25, -0.2) is 4.39 Å². The highest BCUT2D eigenvalue weighted by Crippen LogP contribution is 2.41. The van der Waals surface area contributed by atoms with Crippen molar-refractivity contribution in [1.29, 1.82) is 0 Å². The number of halogens is 1. The van der Waals surface area contributed by atoms with Gasteiger partial charge in [0.25, 0.3) is 0 Å². The molecule has 1 atom stereocenters. The largest absolute Gasteiger partial charge is 0.352 e. The van der Waals surface area contributed by atoms with Crippen LogP contribution in [0.2, 0.25) is 0 Å². The first-order valence-electron chi connectivity index (χ1n) is 8.32. The number of carbonyl (C=O) groups is 2. The number of carbonyl (C=O) groups excluding carboxylic acids is 2. The van der Waals surface area contributed by atoms with Crippen LogP contribution >= 0.6 is 0 Å². The van der Waals surface area contributed by atoms with Gasteiger partial charge in [0.15, 0.2) is 0 Å². The van der Waals surface area contributed by atoms with Crippen LogP contribution in [0.5, 0.6) is 0 Å². The van der Waals surface area contributed by atoms with Gasteiger partial charge in [-0.15, -0.1) is 0 Å². The van der Waals surface area contributed by atoms with Crippen molar-refractivity contribution in [2.75, 3.05) is 13.1 Å². The lowest BCUT2D eigenvalue weighted by molar-refractivity contribution is -0.145. The zero-order chi connectivity index (χ0) is 16.4. The van der Waals surface area contributed by atoms with Gasteiger partial charge < -0.3 is 10.2 Å². The van der Waals surface area contributed by atoms with Crippen LogP contribution in [0.25, 0.3) is 0 Å². The Hall–Kier alpha value is -1.91. The molecule has 0 bridgehead atoms. The molecule has 2 fully saturated rings. The summed E-state index contributed by atoms with van der Waals surface area (Å²) in [7, 11) is 0. The van der Waals surface area contributed by atoms with Gasteiger partial charge in [-0.3, -0.25) is 9.59 Å². The summed E-state index contributed by atoms with van der Waals surface area (Å²) in [6.45, 7) is 2.99. The van der Waals surface area contributed by atoms with E-state index in [0.29, 0.717) is 19.5 Å². The number of amides is 2. The van der Waals surface area contributed by atoms with Crippen molar-refractivity contribution in [2.24, 2.45) is 5.41 Å². The van der Waals surface area contributed by atoms with Gasteiger partial charge in [0, 0.05) is 25.1 Å². The minimum absolute atomic E-state index is 0.0186. The van der Waals surface area contributed by atoms with E-state index < -0.39 is 11.9 Å². The highest BCUT2D eigenvalue weighted by molar-refractivity contribution is 5.90. The molecule has 1 aliphatic carbocycles. The van der Waals surface area contributed by atoms with E-state index in [4.69, 9.17) is 0 Å². The molecule has 0 spiro atoms. The zero-order valence-corrected chi connectivity index (χ0v) is 13.5. The van der Waals surface area contributed by atoms with Crippen molar-refractivity contribution >= 4 is 11.8 Å². The number of benzene rings is 1. The predicted molar refractivity (Wildman–Crippen MR) is 85.1 cm³/mol. The summed E-state index contributed by atoms with van der Waals surface area (Å²) in [6, 6.07) is 5.34. The van der Waals surface area contributed by atoms with E-state index in [9.17, 15) is 14.0 Å². The summed E-state index contributed by atoms with van der Waals surface area (Å²) in [4.78, 5) is 26.7. The molecule has 23 heavy (non-hydrogen) atoms. The molecule has 3 rings (SSSR count). The molecule has 4 nitrogen and oxygen atoms in total. The van der Waals surface area contributed by atoms with Gasteiger partial charge in [-0.1, -0.05) is 38.0 Å². The highest BCUT2D eigenvalue weighted by Gasteiger charge is 2.39. The van der Waals surface area contributed by atoms with E-state index in [1.807, 2.05) is 0 Å². The van der Waals surface area contributed by atoms with Crippen molar-refractivity contribution < 1.29 is 14.0 Å². The Morgan fingerprint density at radius 1 is 1.35 bits per heavy atom. The Kier molecular flexibility index (Phi) is 4.37. The second kappa shape index (κ2) is 6.30. The zero-order valence-electron chi connectivity index (χ0n) is 13.5. The molecular weight excluding hydrogens is 295 g/mol. The quantitative estimate of drug-likeness (QED) is 0.931. The number of nitrogens with zero attached hydrogens (tertiary/aromatic N) is 1. The molecule has 1 saturated carbocycles. The van der Waals surface area contributed by atoms with Crippen molar-refractivity contribution in [2.45, 2.75) is 45.1 Å². The molecule has 124 valence electrons. The van der Waals surface area contributed by atoms with Crippen molar-refractivity contribution in [3.63, 3.8) is 0 Å². The maximum absolute atomic E-state index is 14.1. The molecule has 1 aromatic rings. The van der Waals surface area contributed by atoms with Gasteiger partial charge in [-0.2, -0.15) is 0 Å².